The van der Waals surface area contributed by atoms with Crippen LogP contribution in [-0.2, 0) is 6.54 Å². The van der Waals surface area contributed by atoms with Gasteiger partial charge in [-0.25, -0.2) is 4.98 Å². The Labute approximate surface area is 89.7 Å². The van der Waals surface area contributed by atoms with Crippen LogP contribution in [-0.4, -0.2) is 35.1 Å². The van der Waals surface area contributed by atoms with Crippen LogP contribution >= 0.6 is 0 Å². The minimum Gasteiger partial charge on any atom is -0.451 e. The quantitative estimate of drug-likeness (QED) is 0.785. The molecule has 2 unspecified atom stereocenters. The third kappa shape index (κ3) is 1.79. The van der Waals surface area contributed by atoms with Gasteiger partial charge in [-0.1, -0.05) is 0 Å². The van der Waals surface area contributed by atoms with Gasteiger partial charge in [-0.15, -0.1) is 0 Å². The first-order valence-electron chi connectivity index (χ1n) is 5.77. The van der Waals surface area contributed by atoms with Crippen LogP contribution in [0.2, 0.25) is 0 Å². The van der Waals surface area contributed by atoms with Gasteiger partial charge in [0.05, 0.1) is 5.69 Å². The van der Waals surface area contributed by atoms with Crippen LogP contribution in [0.4, 0.5) is 0 Å². The Hall–Kier alpha value is -0.870. The topological polar surface area (TPSA) is 41.3 Å². The summed E-state index contributed by atoms with van der Waals surface area (Å²) in [6.45, 7) is 3.25. The van der Waals surface area contributed by atoms with Crippen LogP contribution in [0.1, 0.15) is 25.0 Å². The molecule has 1 N–H and O–H groups in total. The standard InChI is InChI=1S/C11H17N3O/c1-2-11-5-12-4-3-10(1)14(11)6-9-7-15-8-13-9/h7-8,10-12H,1-6H2. The molecule has 3 rings (SSSR count). The second-order valence-electron chi connectivity index (χ2n) is 4.53. The molecule has 2 atom stereocenters. The highest BCUT2D eigenvalue weighted by atomic mass is 16.3. The van der Waals surface area contributed by atoms with E-state index in [1.54, 1.807) is 6.26 Å². The van der Waals surface area contributed by atoms with Gasteiger partial charge in [0.25, 0.3) is 0 Å². The molecule has 2 aliphatic heterocycles. The Balaban J connectivity index is 1.74. The molecule has 82 valence electrons. The average molecular weight is 207 g/mol. The molecule has 0 saturated carbocycles. The van der Waals surface area contributed by atoms with E-state index in [1.807, 2.05) is 0 Å². The Morgan fingerprint density at radius 1 is 1.40 bits per heavy atom. The van der Waals surface area contributed by atoms with Gasteiger partial charge in [-0.3, -0.25) is 4.90 Å². The monoisotopic (exact) mass is 207 g/mol. The van der Waals surface area contributed by atoms with Crippen molar-refractivity contribution in [3.05, 3.63) is 18.4 Å². The molecule has 2 saturated heterocycles. The Kier molecular flexibility index (Phi) is 2.46. The van der Waals surface area contributed by atoms with Crippen molar-refractivity contribution in [3.63, 3.8) is 0 Å². The summed E-state index contributed by atoms with van der Waals surface area (Å²) in [6.07, 6.45) is 7.24. The summed E-state index contributed by atoms with van der Waals surface area (Å²) in [5, 5.41) is 3.50. The molecular weight excluding hydrogens is 190 g/mol. The fourth-order valence-corrected chi connectivity index (χ4v) is 2.84. The highest BCUT2D eigenvalue weighted by molar-refractivity contribution is 4.98. The maximum atomic E-state index is 5.02. The zero-order chi connectivity index (χ0) is 10.1. The van der Waals surface area contributed by atoms with Crippen molar-refractivity contribution in [2.24, 2.45) is 0 Å². The third-order valence-electron chi connectivity index (χ3n) is 3.63. The summed E-state index contributed by atoms with van der Waals surface area (Å²) in [6, 6.07) is 1.45. The zero-order valence-electron chi connectivity index (χ0n) is 8.85. The lowest BCUT2D eigenvalue weighted by Crippen LogP contribution is -2.37. The van der Waals surface area contributed by atoms with Crippen LogP contribution < -0.4 is 5.32 Å². The molecule has 2 fully saturated rings. The van der Waals surface area contributed by atoms with Gasteiger partial charge in [0.15, 0.2) is 6.39 Å². The summed E-state index contributed by atoms with van der Waals surface area (Å²) in [7, 11) is 0. The highest BCUT2D eigenvalue weighted by Gasteiger charge is 2.34. The Bertz CT molecular complexity index is 298. The molecule has 0 radical (unpaired) electrons. The molecular formula is C11H17N3O. The number of rotatable bonds is 2. The van der Waals surface area contributed by atoms with Gasteiger partial charge in [0, 0.05) is 25.2 Å². The normalized spacial score (nSPS) is 31.7. The van der Waals surface area contributed by atoms with Crippen LogP contribution in [0.25, 0.3) is 0 Å². The molecule has 2 bridgehead atoms. The Morgan fingerprint density at radius 2 is 2.33 bits per heavy atom. The van der Waals surface area contributed by atoms with E-state index in [1.165, 1.54) is 25.7 Å². The first kappa shape index (κ1) is 9.36. The van der Waals surface area contributed by atoms with E-state index in [4.69, 9.17) is 4.42 Å². The first-order chi connectivity index (χ1) is 7.43. The molecule has 0 aliphatic carbocycles. The molecule has 1 aromatic rings. The first-order valence-corrected chi connectivity index (χ1v) is 5.77. The minimum atomic E-state index is 0.703. The summed E-state index contributed by atoms with van der Waals surface area (Å²) >= 11 is 0. The van der Waals surface area contributed by atoms with Crippen molar-refractivity contribution in [2.75, 3.05) is 13.1 Å². The van der Waals surface area contributed by atoms with Gasteiger partial charge in [-0.05, 0) is 25.8 Å². The molecule has 15 heavy (non-hydrogen) atoms. The van der Waals surface area contributed by atoms with E-state index < -0.39 is 0 Å². The SMILES string of the molecule is c1nc(CN2C3CCNCC2CC3)co1. The number of hydrogen-bond donors (Lipinski definition) is 1. The van der Waals surface area contributed by atoms with Crippen LogP contribution in [0.15, 0.2) is 17.1 Å². The van der Waals surface area contributed by atoms with E-state index in [0.29, 0.717) is 6.04 Å². The summed E-state index contributed by atoms with van der Waals surface area (Å²) < 4.78 is 5.02. The molecule has 0 aromatic carbocycles. The van der Waals surface area contributed by atoms with Gasteiger partial charge in [-0.2, -0.15) is 0 Å². The van der Waals surface area contributed by atoms with E-state index >= 15 is 0 Å². The molecule has 1 aromatic heterocycles. The molecule has 4 heteroatoms. The largest absolute Gasteiger partial charge is 0.451 e. The highest BCUT2D eigenvalue weighted by Crippen LogP contribution is 2.29. The smallest absolute Gasteiger partial charge is 0.180 e. The predicted molar refractivity (Wildman–Crippen MR) is 56.3 cm³/mol. The summed E-state index contributed by atoms with van der Waals surface area (Å²) in [5.74, 6) is 0. The van der Waals surface area contributed by atoms with E-state index in [0.717, 1.165) is 31.4 Å². The van der Waals surface area contributed by atoms with E-state index in [2.05, 4.69) is 15.2 Å². The molecule has 0 spiro atoms. The lowest BCUT2D eigenvalue weighted by Gasteiger charge is -2.26. The maximum Gasteiger partial charge on any atom is 0.180 e. The van der Waals surface area contributed by atoms with Crippen molar-refractivity contribution >= 4 is 0 Å². The predicted octanol–water partition coefficient (Wildman–Crippen LogP) is 1.00. The lowest BCUT2D eigenvalue weighted by atomic mass is 10.1. The average Bonchev–Trinajstić information content (AvgIpc) is 2.76. The van der Waals surface area contributed by atoms with E-state index in [9.17, 15) is 0 Å². The Morgan fingerprint density at radius 3 is 3.20 bits per heavy atom. The van der Waals surface area contributed by atoms with Gasteiger partial charge < -0.3 is 9.73 Å². The van der Waals surface area contributed by atoms with Gasteiger partial charge >= 0.3 is 0 Å². The summed E-state index contributed by atoms with van der Waals surface area (Å²) in [4.78, 5) is 6.80. The van der Waals surface area contributed by atoms with Crippen LogP contribution in [0, 0.1) is 0 Å². The zero-order valence-corrected chi connectivity index (χ0v) is 8.85. The molecule has 4 nitrogen and oxygen atoms in total. The van der Waals surface area contributed by atoms with Crippen molar-refractivity contribution in [3.8, 4) is 0 Å². The molecule has 3 heterocycles. The number of oxazole rings is 1. The van der Waals surface area contributed by atoms with Gasteiger partial charge in [0.2, 0.25) is 0 Å². The number of aromatic nitrogens is 1. The van der Waals surface area contributed by atoms with Crippen molar-refractivity contribution in [1.29, 1.82) is 0 Å². The van der Waals surface area contributed by atoms with Crippen LogP contribution in [0.5, 0.6) is 0 Å². The molecule has 2 aliphatic rings. The minimum absolute atomic E-state index is 0.703. The number of nitrogens with one attached hydrogen (secondary N) is 1. The van der Waals surface area contributed by atoms with Gasteiger partial charge in [0.1, 0.15) is 6.26 Å². The fraction of sp³-hybridized carbons (Fsp3) is 0.727. The van der Waals surface area contributed by atoms with Crippen LogP contribution in [0.3, 0.4) is 0 Å². The second kappa shape index (κ2) is 3.94. The van der Waals surface area contributed by atoms with Crippen molar-refractivity contribution in [1.82, 2.24) is 15.2 Å². The lowest BCUT2D eigenvalue weighted by molar-refractivity contribution is 0.191. The number of nitrogens with zero attached hydrogens (tertiary/aromatic N) is 2. The maximum absolute atomic E-state index is 5.02. The number of hydrogen-bond acceptors (Lipinski definition) is 4. The molecule has 0 amide bonds. The summed E-state index contributed by atoms with van der Waals surface area (Å²) in [5.41, 5.74) is 1.06. The fourth-order valence-electron chi connectivity index (χ4n) is 2.84. The third-order valence-corrected chi connectivity index (χ3v) is 3.63. The van der Waals surface area contributed by atoms with Crippen molar-refractivity contribution < 1.29 is 4.42 Å². The van der Waals surface area contributed by atoms with E-state index in [-0.39, 0.29) is 0 Å². The number of fused-ring (bicyclic) bond motifs is 2. The second-order valence-corrected chi connectivity index (χ2v) is 4.53. The van der Waals surface area contributed by atoms with Crippen molar-refractivity contribution in [2.45, 2.75) is 37.9 Å².